The van der Waals surface area contributed by atoms with Crippen molar-refractivity contribution in [2.45, 2.75) is 46.2 Å². The summed E-state index contributed by atoms with van der Waals surface area (Å²) in [4.78, 5) is 2.64. The second kappa shape index (κ2) is 6.17. The molecule has 3 nitrogen and oxygen atoms in total. The summed E-state index contributed by atoms with van der Waals surface area (Å²) < 4.78 is 5.25. The molecule has 0 aromatic rings. The molecule has 1 N–H and O–H groups in total. The second-order valence-corrected chi connectivity index (χ2v) is 6.57. The van der Waals surface area contributed by atoms with E-state index in [2.05, 4.69) is 44.8 Å². The molecule has 1 fully saturated rings. The second-order valence-electron chi connectivity index (χ2n) is 6.57. The van der Waals surface area contributed by atoms with Crippen LogP contribution in [0.3, 0.4) is 0 Å². The van der Waals surface area contributed by atoms with Crippen molar-refractivity contribution in [3.05, 3.63) is 0 Å². The van der Waals surface area contributed by atoms with Gasteiger partial charge in [0.1, 0.15) is 0 Å². The number of nitrogens with one attached hydrogen (secondary N) is 1. The van der Waals surface area contributed by atoms with Crippen molar-refractivity contribution in [3.63, 3.8) is 0 Å². The topological polar surface area (TPSA) is 24.5 Å². The number of hydrogen-bond acceptors (Lipinski definition) is 3. The number of ether oxygens (including phenoxy) is 1. The minimum atomic E-state index is 0.234. The van der Waals surface area contributed by atoms with Gasteiger partial charge >= 0.3 is 0 Å². The Morgan fingerprint density at radius 1 is 1.35 bits per heavy atom. The third-order valence-corrected chi connectivity index (χ3v) is 3.62. The minimum Gasteiger partial charge on any atom is -0.384 e. The molecule has 1 aliphatic heterocycles. The van der Waals surface area contributed by atoms with Gasteiger partial charge in [0, 0.05) is 44.9 Å². The molecular weight excluding hydrogens is 212 g/mol. The first kappa shape index (κ1) is 14.9. The van der Waals surface area contributed by atoms with Crippen molar-refractivity contribution in [2.75, 3.05) is 33.4 Å². The molecule has 0 radical (unpaired) electrons. The fraction of sp³-hybridized carbons (Fsp3) is 1.00. The van der Waals surface area contributed by atoms with Gasteiger partial charge in [-0.15, -0.1) is 0 Å². The Balaban J connectivity index is 2.61. The van der Waals surface area contributed by atoms with Crippen LogP contribution in [0.5, 0.6) is 0 Å². The minimum absolute atomic E-state index is 0.234. The summed E-state index contributed by atoms with van der Waals surface area (Å²) in [7, 11) is 1.79. The standard InChI is InChI=1S/C14H30N2O/c1-11(2)13-7-15-14(4,5)10-16(13)8-12(3)9-17-6/h11-13,15H,7-10H2,1-6H3. The average molecular weight is 242 g/mol. The molecular formula is C14H30N2O. The summed E-state index contributed by atoms with van der Waals surface area (Å²) in [5, 5.41) is 3.65. The normalized spacial score (nSPS) is 27.4. The van der Waals surface area contributed by atoms with E-state index in [1.54, 1.807) is 7.11 Å². The highest BCUT2D eigenvalue weighted by Gasteiger charge is 2.34. The Morgan fingerprint density at radius 2 is 2.00 bits per heavy atom. The molecule has 0 spiro atoms. The molecule has 1 heterocycles. The van der Waals surface area contributed by atoms with Crippen LogP contribution in [-0.2, 0) is 4.74 Å². The Bertz CT molecular complexity index is 228. The van der Waals surface area contributed by atoms with Gasteiger partial charge in [-0.2, -0.15) is 0 Å². The van der Waals surface area contributed by atoms with E-state index in [0.717, 1.165) is 26.2 Å². The maximum absolute atomic E-state index is 5.25. The van der Waals surface area contributed by atoms with Crippen molar-refractivity contribution < 1.29 is 4.74 Å². The quantitative estimate of drug-likeness (QED) is 0.798. The highest BCUT2D eigenvalue weighted by Crippen LogP contribution is 2.21. The zero-order chi connectivity index (χ0) is 13.1. The predicted octanol–water partition coefficient (Wildman–Crippen LogP) is 1.98. The summed E-state index contributed by atoms with van der Waals surface area (Å²) in [5.74, 6) is 1.31. The maximum Gasteiger partial charge on any atom is 0.0500 e. The molecule has 17 heavy (non-hydrogen) atoms. The lowest BCUT2D eigenvalue weighted by atomic mass is 9.92. The van der Waals surface area contributed by atoms with Crippen molar-refractivity contribution in [1.29, 1.82) is 0 Å². The van der Waals surface area contributed by atoms with Crippen LogP contribution in [0.2, 0.25) is 0 Å². The first-order valence-electron chi connectivity index (χ1n) is 6.83. The van der Waals surface area contributed by atoms with Gasteiger partial charge in [-0.1, -0.05) is 20.8 Å². The largest absolute Gasteiger partial charge is 0.384 e. The third kappa shape index (κ3) is 4.57. The van der Waals surface area contributed by atoms with Crippen molar-refractivity contribution in [1.82, 2.24) is 10.2 Å². The van der Waals surface area contributed by atoms with Gasteiger partial charge in [-0.3, -0.25) is 4.90 Å². The Kier molecular flexibility index (Phi) is 5.42. The molecule has 1 aliphatic rings. The lowest BCUT2D eigenvalue weighted by Crippen LogP contribution is -2.63. The molecule has 0 bridgehead atoms. The zero-order valence-electron chi connectivity index (χ0n) is 12.4. The lowest BCUT2D eigenvalue weighted by molar-refractivity contribution is 0.0421. The summed E-state index contributed by atoms with van der Waals surface area (Å²) >= 11 is 0. The van der Waals surface area contributed by atoms with E-state index in [0.29, 0.717) is 17.9 Å². The van der Waals surface area contributed by atoms with E-state index < -0.39 is 0 Å². The van der Waals surface area contributed by atoms with Gasteiger partial charge in [0.25, 0.3) is 0 Å². The first-order chi connectivity index (χ1) is 7.85. The van der Waals surface area contributed by atoms with Crippen LogP contribution in [0.25, 0.3) is 0 Å². The Hall–Kier alpha value is -0.120. The van der Waals surface area contributed by atoms with Crippen LogP contribution < -0.4 is 5.32 Å². The number of hydrogen-bond donors (Lipinski definition) is 1. The Morgan fingerprint density at radius 3 is 2.53 bits per heavy atom. The van der Waals surface area contributed by atoms with Crippen molar-refractivity contribution >= 4 is 0 Å². The summed E-state index contributed by atoms with van der Waals surface area (Å²) in [6, 6.07) is 0.655. The predicted molar refractivity (Wildman–Crippen MR) is 73.3 cm³/mol. The molecule has 0 amide bonds. The fourth-order valence-electron chi connectivity index (χ4n) is 2.79. The summed E-state index contributed by atoms with van der Waals surface area (Å²) in [5.41, 5.74) is 0.234. The van der Waals surface area contributed by atoms with Gasteiger partial charge in [-0.25, -0.2) is 0 Å². The first-order valence-corrected chi connectivity index (χ1v) is 6.83. The lowest BCUT2D eigenvalue weighted by Gasteiger charge is -2.47. The molecule has 1 saturated heterocycles. The highest BCUT2D eigenvalue weighted by molar-refractivity contribution is 4.93. The summed E-state index contributed by atoms with van der Waals surface area (Å²) in [6.07, 6.45) is 0. The molecule has 1 rings (SSSR count). The fourth-order valence-corrected chi connectivity index (χ4v) is 2.79. The number of piperazine rings is 1. The van der Waals surface area contributed by atoms with E-state index in [1.165, 1.54) is 0 Å². The molecule has 0 aromatic carbocycles. The maximum atomic E-state index is 5.25. The number of rotatable bonds is 5. The molecule has 0 aliphatic carbocycles. The van der Waals surface area contributed by atoms with Gasteiger partial charge < -0.3 is 10.1 Å². The van der Waals surface area contributed by atoms with Gasteiger partial charge in [0.15, 0.2) is 0 Å². The SMILES string of the molecule is COCC(C)CN1CC(C)(C)NCC1C(C)C. The highest BCUT2D eigenvalue weighted by atomic mass is 16.5. The van der Waals surface area contributed by atoms with E-state index in [1.807, 2.05) is 0 Å². The van der Waals surface area contributed by atoms with Crippen LogP contribution in [0.15, 0.2) is 0 Å². The molecule has 102 valence electrons. The van der Waals surface area contributed by atoms with E-state index >= 15 is 0 Å². The van der Waals surface area contributed by atoms with Crippen LogP contribution in [0.1, 0.15) is 34.6 Å². The summed E-state index contributed by atoms with van der Waals surface area (Å²) in [6.45, 7) is 15.7. The van der Waals surface area contributed by atoms with Crippen molar-refractivity contribution in [3.8, 4) is 0 Å². The smallest absolute Gasteiger partial charge is 0.0500 e. The molecule has 2 unspecified atom stereocenters. The molecule has 2 atom stereocenters. The average Bonchev–Trinajstić information content (AvgIpc) is 2.15. The number of nitrogens with zero attached hydrogens (tertiary/aromatic N) is 1. The van der Waals surface area contributed by atoms with E-state index in [-0.39, 0.29) is 5.54 Å². The molecule has 3 heteroatoms. The molecule has 0 aromatic heterocycles. The van der Waals surface area contributed by atoms with Crippen LogP contribution in [-0.4, -0.2) is 49.8 Å². The third-order valence-electron chi connectivity index (χ3n) is 3.62. The number of methoxy groups -OCH3 is 1. The molecule has 0 saturated carbocycles. The van der Waals surface area contributed by atoms with E-state index in [9.17, 15) is 0 Å². The van der Waals surface area contributed by atoms with Gasteiger partial charge in [0.2, 0.25) is 0 Å². The zero-order valence-corrected chi connectivity index (χ0v) is 12.4. The van der Waals surface area contributed by atoms with E-state index in [4.69, 9.17) is 4.74 Å². The Labute approximate surface area is 107 Å². The van der Waals surface area contributed by atoms with Gasteiger partial charge in [0.05, 0.1) is 0 Å². The monoisotopic (exact) mass is 242 g/mol. The van der Waals surface area contributed by atoms with Crippen LogP contribution >= 0.6 is 0 Å². The van der Waals surface area contributed by atoms with Gasteiger partial charge in [-0.05, 0) is 25.7 Å². The van der Waals surface area contributed by atoms with Crippen LogP contribution in [0, 0.1) is 11.8 Å². The van der Waals surface area contributed by atoms with Crippen LogP contribution in [0.4, 0.5) is 0 Å². The van der Waals surface area contributed by atoms with Crippen molar-refractivity contribution in [2.24, 2.45) is 11.8 Å².